The summed E-state index contributed by atoms with van der Waals surface area (Å²) in [5.74, 6) is 0.738. The molecule has 0 bridgehead atoms. The van der Waals surface area contributed by atoms with Gasteiger partial charge in [-0.3, -0.25) is 4.99 Å². The molecule has 1 aliphatic rings. The lowest BCUT2D eigenvalue weighted by Crippen LogP contribution is -2.20. The van der Waals surface area contributed by atoms with Gasteiger partial charge in [-0.05, 0) is 11.6 Å². The molecule has 6 heteroatoms. The smallest absolute Gasteiger partial charge is 0.223 e. The highest BCUT2D eigenvalue weighted by Gasteiger charge is 2.13. The van der Waals surface area contributed by atoms with E-state index in [0.29, 0.717) is 10.7 Å². The fourth-order valence-electron chi connectivity index (χ4n) is 1.08. The number of hydrogen-bond acceptors (Lipinski definition) is 4. The lowest BCUT2D eigenvalue weighted by atomic mass is 10.3. The van der Waals surface area contributed by atoms with Crippen molar-refractivity contribution in [3.8, 4) is 0 Å². The Labute approximate surface area is 85.0 Å². The van der Waals surface area contributed by atoms with Crippen LogP contribution < -0.4 is 5.32 Å². The maximum atomic E-state index is 5.85. The number of hydrogen-bond donors (Lipinski definition) is 1. The van der Waals surface area contributed by atoms with Gasteiger partial charge >= 0.3 is 0 Å². The standard InChI is InChI=1S/C7H6Cl2N4/c8-5-4(3-12-7(9)13-5)6-10-1-2-11-6/h3H,1-2H2,(H,10,11). The summed E-state index contributed by atoms with van der Waals surface area (Å²) in [6, 6.07) is 0. The van der Waals surface area contributed by atoms with Gasteiger partial charge in [-0.1, -0.05) is 11.6 Å². The zero-order chi connectivity index (χ0) is 9.26. The van der Waals surface area contributed by atoms with Gasteiger partial charge < -0.3 is 5.32 Å². The summed E-state index contributed by atoms with van der Waals surface area (Å²) in [6.07, 6.45) is 1.56. The Balaban J connectivity index is 2.40. The van der Waals surface area contributed by atoms with Gasteiger partial charge in [0, 0.05) is 12.7 Å². The quantitative estimate of drug-likeness (QED) is 0.566. The van der Waals surface area contributed by atoms with Crippen LogP contribution in [0.3, 0.4) is 0 Å². The van der Waals surface area contributed by atoms with E-state index in [4.69, 9.17) is 23.2 Å². The molecule has 0 amide bonds. The first-order chi connectivity index (χ1) is 6.27. The summed E-state index contributed by atoms with van der Waals surface area (Å²) in [5.41, 5.74) is 0.698. The minimum Gasteiger partial charge on any atom is -0.368 e. The first-order valence-electron chi connectivity index (χ1n) is 3.74. The van der Waals surface area contributed by atoms with Crippen LogP contribution in [0.15, 0.2) is 11.2 Å². The van der Waals surface area contributed by atoms with E-state index in [1.165, 1.54) is 0 Å². The van der Waals surface area contributed by atoms with E-state index in [1.807, 2.05) is 0 Å². The molecule has 1 N–H and O–H groups in total. The van der Waals surface area contributed by atoms with E-state index in [0.717, 1.165) is 18.9 Å². The third kappa shape index (κ3) is 1.73. The molecule has 0 unspecified atom stereocenters. The summed E-state index contributed by atoms with van der Waals surface area (Å²) < 4.78 is 0. The fraction of sp³-hybridized carbons (Fsp3) is 0.286. The summed E-state index contributed by atoms with van der Waals surface area (Å²) in [6.45, 7) is 1.59. The molecule has 0 aromatic carbocycles. The average Bonchev–Trinajstić information content (AvgIpc) is 2.56. The average molecular weight is 217 g/mol. The Bertz CT molecular complexity index is 364. The molecule has 0 aliphatic carbocycles. The van der Waals surface area contributed by atoms with Crippen molar-refractivity contribution in [3.05, 3.63) is 22.2 Å². The number of aromatic nitrogens is 2. The van der Waals surface area contributed by atoms with Crippen molar-refractivity contribution in [2.75, 3.05) is 13.1 Å². The molecule has 2 heterocycles. The molecule has 0 atom stereocenters. The number of nitrogens with zero attached hydrogens (tertiary/aromatic N) is 3. The van der Waals surface area contributed by atoms with Crippen molar-refractivity contribution in [2.24, 2.45) is 4.99 Å². The SMILES string of the molecule is Clc1ncc(C2=NCCN2)c(Cl)n1. The molecule has 0 saturated heterocycles. The lowest BCUT2D eigenvalue weighted by molar-refractivity contribution is 0.959. The van der Waals surface area contributed by atoms with E-state index in [-0.39, 0.29) is 5.28 Å². The molecule has 1 aliphatic heterocycles. The van der Waals surface area contributed by atoms with Crippen LogP contribution in [-0.4, -0.2) is 28.9 Å². The van der Waals surface area contributed by atoms with Crippen molar-refractivity contribution >= 4 is 29.0 Å². The van der Waals surface area contributed by atoms with Crippen LogP contribution in [0.4, 0.5) is 0 Å². The van der Waals surface area contributed by atoms with Crippen LogP contribution in [0.5, 0.6) is 0 Å². The third-order valence-electron chi connectivity index (χ3n) is 1.64. The predicted molar refractivity (Wildman–Crippen MR) is 51.5 cm³/mol. The van der Waals surface area contributed by atoms with Crippen molar-refractivity contribution in [1.82, 2.24) is 15.3 Å². The second-order valence-electron chi connectivity index (χ2n) is 2.50. The third-order valence-corrected chi connectivity index (χ3v) is 2.11. The van der Waals surface area contributed by atoms with Gasteiger partial charge in [0.2, 0.25) is 5.28 Å². The number of nitrogens with one attached hydrogen (secondary N) is 1. The van der Waals surface area contributed by atoms with E-state index in [9.17, 15) is 0 Å². The maximum absolute atomic E-state index is 5.85. The number of aliphatic imine (C=N–C) groups is 1. The Kier molecular flexibility index (Phi) is 2.33. The molecule has 0 fully saturated rings. The Morgan fingerprint density at radius 2 is 2.23 bits per heavy atom. The Morgan fingerprint density at radius 1 is 1.38 bits per heavy atom. The van der Waals surface area contributed by atoms with Gasteiger partial charge in [0.15, 0.2) is 0 Å². The minimum atomic E-state index is 0.146. The molecule has 0 spiro atoms. The normalized spacial score (nSPS) is 15.4. The van der Waals surface area contributed by atoms with Crippen LogP contribution in [0, 0.1) is 0 Å². The number of halogens is 2. The first kappa shape index (κ1) is 8.72. The van der Waals surface area contributed by atoms with Gasteiger partial charge in [-0.2, -0.15) is 0 Å². The van der Waals surface area contributed by atoms with E-state index in [1.54, 1.807) is 6.20 Å². The van der Waals surface area contributed by atoms with Crippen LogP contribution >= 0.6 is 23.2 Å². The summed E-state index contributed by atoms with van der Waals surface area (Å²) in [4.78, 5) is 11.8. The molecule has 2 rings (SSSR count). The molecule has 13 heavy (non-hydrogen) atoms. The monoisotopic (exact) mass is 216 g/mol. The molecular formula is C7H6Cl2N4. The first-order valence-corrected chi connectivity index (χ1v) is 4.49. The van der Waals surface area contributed by atoms with Gasteiger partial charge in [0.05, 0.1) is 12.1 Å². The molecule has 0 saturated carbocycles. The molecule has 1 aromatic rings. The molecular weight excluding hydrogens is 211 g/mol. The maximum Gasteiger partial charge on any atom is 0.223 e. The number of rotatable bonds is 1. The van der Waals surface area contributed by atoms with Crippen LogP contribution in [0.2, 0.25) is 10.4 Å². The zero-order valence-electron chi connectivity index (χ0n) is 6.59. The van der Waals surface area contributed by atoms with Crippen molar-refractivity contribution in [1.29, 1.82) is 0 Å². The van der Waals surface area contributed by atoms with Gasteiger partial charge in [-0.25, -0.2) is 9.97 Å². The second-order valence-corrected chi connectivity index (χ2v) is 3.20. The van der Waals surface area contributed by atoms with Crippen LogP contribution in [0.1, 0.15) is 5.56 Å². The van der Waals surface area contributed by atoms with Gasteiger partial charge in [0.25, 0.3) is 0 Å². The molecule has 1 aromatic heterocycles. The lowest BCUT2D eigenvalue weighted by Gasteiger charge is -2.02. The predicted octanol–water partition coefficient (Wildman–Crippen LogP) is 1.13. The highest BCUT2D eigenvalue weighted by atomic mass is 35.5. The highest BCUT2D eigenvalue weighted by Crippen LogP contribution is 2.15. The molecule has 0 radical (unpaired) electrons. The highest BCUT2D eigenvalue weighted by molar-refractivity contribution is 6.34. The van der Waals surface area contributed by atoms with Crippen molar-refractivity contribution in [2.45, 2.75) is 0 Å². The summed E-state index contributed by atoms with van der Waals surface area (Å²) >= 11 is 11.4. The summed E-state index contributed by atoms with van der Waals surface area (Å²) in [5, 5.41) is 3.55. The fourth-order valence-corrected chi connectivity index (χ4v) is 1.47. The number of amidine groups is 1. The topological polar surface area (TPSA) is 50.2 Å². The minimum absolute atomic E-state index is 0.146. The molecule has 4 nitrogen and oxygen atoms in total. The van der Waals surface area contributed by atoms with Crippen LogP contribution in [0.25, 0.3) is 0 Å². The van der Waals surface area contributed by atoms with Crippen LogP contribution in [-0.2, 0) is 0 Å². The summed E-state index contributed by atoms with van der Waals surface area (Å²) in [7, 11) is 0. The van der Waals surface area contributed by atoms with Crippen molar-refractivity contribution < 1.29 is 0 Å². The molecule has 68 valence electrons. The second kappa shape index (κ2) is 3.47. The van der Waals surface area contributed by atoms with E-state index in [2.05, 4.69) is 20.3 Å². The van der Waals surface area contributed by atoms with Gasteiger partial charge in [-0.15, -0.1) is 0 Å². The Morgan fingerprint density at radius 3 is 2.85 bits per heavy atom. The Hall–Kier alpha value is -0.870. The van der Waals surface area contributed by atoms with E-state index >= 15 is 0 Å². The largest absolute Gasteiger partial charge is 0.368 e. The van der Waals surface area contributed by atoms with Gasteiger partial charge in [0.1, 0.15) is 11.0 Å². The zero-order valence-corrected chi connectivity index (χ0v) is 8.10. The van der Waals surface area contributed by atoms with Crippen molar-refractivity contribution in [3.63, 3.8) is 0 Å². The van der Waals surface area contributed by atoms with E-state index < -0.39 is 0 Å².